The maximum atomic E-state index is 12.6. The molecule has 0 radical (unpaired) electrons. The van der Waals surface area contributed by atoms with Gasteiger partial charge in [-0.25, -0.2) is 0 Å². The van der Waals surface area contributed by atoms with Crippen LogP contribution >= 0.6 is 0 Å². The molecule has 3 fully saturated rings. The fraction of sp³-hybridized carbons (Fsp3) is 0.667. The smallest absolute Gasteiger partial charge is 0.234 e. The molecule has 4 nitrogen and oxygen atoms in total. The largest absolute Gasteiger partial charge is 0.298 e. The molecule has 3 aliphatic carbocycles. The maximum absolute atomic E-state index is 12.6. The normalized spacial score (nSPS) is 41.5. The van der Waals surface area contributed by atoms with Crippen molar-refractivity contribution in [3.05, 3.63) is 12.2 Å². The molecule has 19 heavy (non-hydrogen) atoms. The average Bonchev–Trinajstić information content (AvgIpc) is 3.01. The number of imide groups is 1. The van der Waals surface area contributed by atoms with Crippen molar-refractivity contribution < 1.29 is 14.4 Å². The Kier molecular flexibility index (Phi) is 2.26. The fourth-order valence-electron chi connectivity index (χ4n) is 4.43. The number of amides is 2. The third-order valence-electron chi connectivity index (χ3n) is 5.33. The molecule has 0 aromatic heterocycles. The fourth-order valence-corrected chi connectivity index (χ4v) is 4.43. The van der Waals surface area contributed by atoms with Crippen LogP contribution in [0, 0.1) is 23.7 Å². The zero-order valence-corrected chi connectivity index (χ0v) is 10.7. The van der Waals surface area contributed by atoms with Crippen molar-refractivity contribution in [2.24, 2.45) is 23.7 Å². The standard InChI is InChI=1S/C15H17NO3/c17-13-9-6-7-10(13)12-11(9)14(18)16(15(12)19)8-4-2-1-3-5-8/h6-12H,1-5H2. The molecule has 2 saturated carbocycles. The number of hydrogen-bond acceptors (Lipinski definition) is 3. The summed E-state index contributed by atoms with van der Waals surface area (Å²) in [5.74, 6) is -1.46. The summed E-state index contributed by atoms with van der Waals surface area (Å²) in [5.41, 5.74) is 0. The van der Waals surface area contributed by atoms with E-state index in [1.807, 2.05) is 12.2 Å². The number of fused-ring (bicyclic) bond motifs is 5. The van der Waals surface area contributed by atoms with Crippen molar-refractivity contribution >= 4 is 17.6 Å². The Bertz CT molecular complexity index is 470. The highest BCUT2D eigenvalue weighted by Crippen LogP contribution is 2.51. The number of ketones is 1. The molecule has 0 spiro atoms. The quantitative estimate of drug-likeness (QED) is 0.527. The molecule has 2 amide bonds. The van der Waals surface area contributed by atoms with E-state index < -0.39 is 0 Å². The van der Waals surface area contributed by atoms with Gasteiger partial charge in [0.25, 0.3) is 0 Å². The van der Waals surface area contributed by atoms with E-state index in [9.17, 15) is 14.4 Å². The Morgan fingerprint density at radius 1 is 0.842 bits per heavy atom. The van der Waals surface area contributed by atoms with E-state index >= 15 is 0 Å². The van der Waals surface area contributed by atoms with Gasteiger partial charge >= 0.3 is 0 Å². The van der Waals surface area contributed by atoms with Crippen molar-refractivity contribution in [1.82, 2.24) is 4.90 Å². The van der Waals surface area contributed by atoms with Crippen LogP contribution in [0.3, 0.4) is 0 Å². The van der Waals surface area contributed by atoms with Gasteiger partial charge in [0.15, 0.2) is 0 Å². The zero-order valence-electron chi connectivity index (χ0n) is 10.7. The summed E-state index contributed by atoms with van der Waals surface area (Å²) in [6, 6.07) is 0.0915. The van der Waals surface area contributed by atoms with Gasteiger partial charge in [-0.1, -0.05) is 31.4 Å². The molecule has 4 rings (SSSR count). The summed E-state index contributed by atoms with van der Waals surface area (Å²) < 4.78 is 0. The highest BCUT2D eigenvalue weighted by molar-refractivity contribution is 6.13. The summed E-state index contributed by atoms with van der Waals surface area (Å²) in [6.07, 6.45) is 8.95. The molecule has 100 valence electrons. The number of Topliss-reactive ketones (excluding diaryl/α,β-unsaturated/α-hetero) is 1. The van der Waals surface area contributed by atoms with E-state index in [4.69, 9.17) is 0 Å². The minimum absolute atomic E-state index is 0.0768. The molecule has 4 aliphatic rings. The molecule has 1 saturated heterocycles. The van der Waals surface area contributed by atoms with E-state index in [0.29, 0.717) is 0 Å². The monoisotopic (exact) mass is 259 g/mol. The van der Waals surface area contributed by atoms with Crippen molar-refractivity contribution in [1.29, 1.82) is 0 Å². The van der Waals surface area contributed by atoms with Gasteiger partial charge in [-0.15, -0.1) is 0 Å². The Labute approximate surface area is 111 Å². The third-order valence-corrected chi connectivity index (χ3v) is 5.33. The second kappa shape index (κ2) is 3.78. The second-order valence-electron chi connectivity index (χ2n) is 6.23. The Hall–Kier alpha value is -1.45. The first-order valence-corrected chi connectivity index (χ1v) is 7.29. The molecule has 1 heterocycles. The minimum Gasteiger partial charge on any atom is -0.298 e. The molecule has 0 aromatic rings. The Balaban J connectivity index is 1.66. The van der Waals surface area contributed by atoms with Crippen LogP contribution in [-0.2, 0) is 14.4 Å². The molecule has 2 bridgehead atoms. The number of carbonyl (C=O) groups excluding carboxylic acids is 3. The topological polar surface area (TPSA) is 54.5 Å². The van der Waals surface area contributed by atoms with Gasteiger partial charge < -0.3 is 0 Å². The van der Waals surface area contributed by atoms with Gasteiger partial charge in [0, 0.05) is 17.9 Å². The van der Waals surface area contributed by atoms with E-state index in [0.717, 1.165) is 25.7 Å². The van der Waals surface area contributed by atoms with Crippen LogP contribution in [0.1, 0.15) is 32.1 Å². The van der Waals surface area contributed by atoms with Gasteiger partial charge in [0.05, 0.1) is 11.8 Å². The van der Waals surface area contributed by atoms with E-state index in [2.05, 4.69) is 0 Å². The number of nitrogens with zero attached hydrogens (tertiary/aromatic N) is 1. The van der Waals surface area contributed by atoms with E-state index in [1.165, 1.54) is 11.3 Å². The summed E-state index contributed by atoms with van der Waals surface area (Å²) in [7, 11) is 0. The van der Waals surface area contributed by atoms with Crippen LogP contribution in [0.2, 0.25) is 0 Å². The SMILES string of the molecule is O=C1C2C=CC1C1C(=O)N(C3CCCCC3)C(=O)C21. The average molecular weight is 259 g/mol. The van der Waals surface area contributed by atoms with Crippen LogP contribution < -0.4 is 0 Å². The number of carbonyl (C=O) groups is 3. The summed E-state index contributed by atoms with van der Waals surface area (Å²) in [5, 5.41) is 0. The molecule has 1 aliphatic heterocycles. The zero-order chi connectivity index (χ0) is 13.1. The van der Waals surface area contributed by atoms with Crippen LogP contribution in [0.5, 0.6) is 0 Å². The number of allylic oxidation sites excluding steroid dienone is 2. The van der Waals surface area contributed by atoms with Crippen molar-refractivity contribution in [3.8, 4) is 0 Å². The molecule has 4 heteroatoms. The van der Waals surface area contributed by atoms with Gasteiger partial charge in [-0.3, -0.25) is 19.3 Å². The summed E-state index contributed by atoms with van der Waals surface area (Å²) >= 11 is 0. The second-order valence-corrected chi connectivity index (χ2v) is 6.23. The van der Waals surface area contributed by atoms with Crippen LogP contribution in [-0.4, -0.2) is 28.5 Å². The minimum atomic E-state index is -0.378. The lowest BCUT2D eigenvalue weighted by Crippen LogP contribution is -2.43. The highest BCUT2D eigenvalue weighted by Gasteiger charge is 2.64. The maximum Gasteiger partial charge on any atom is 0.234 e. The third kappa shape index (κ3) is 1.32. The Morgan fingerprint density at radius 3 is 1.89 bits per heavy atom. The van der Waals surface area contributed by atoms with Gasteiger partial charge in [0.2, 0.25) is 11.8 Å². The first kappa shape index (κ1) is 11.4. The van der Waals surface area contributed by atoms with E-state index in [-0.39, 0.29) is 47.3 Å². The number of hydrogen-bond donors (Lipinski definition) is 0. The Morgan fingerprint density at radius 2 is 1.37 bits per heavy atom. The van der Waals surface area contributed by atoms with Crippen LogP contribution in [0.25, 0.3) is 0 Å². The lowest BCUT2D eigenvalue weighted by atomic mass is 9.85. The first-order valence-electron chi connectivity index (χ1n) is 7.29. The van der Waals surface area contributed by atoms with Crippen LogP contribution in [0.4, 0.5) is 0 Å². The van der Waals surface area contributed by atoms with Crippen molar-refractivity contribution in [2.45, 2.75) is 38.1 Å². The molecule has 4 unspecified atom stereocenters. The summed E-state index contributed by atoms with van der Waals surface area (Å²) in [6.45, 7) is 0. The lowest BCUT2D eigenvalue weighted by Gasteiger charge is -2.30. The summed E-state index contributed by atoms with van der Waals surface area (Å²) in [4.78, 5) is 38.6. The highest BCUT2D eigenvalue weighted by atomic mass is 16.2. The van der Waals surface area contributed by atoms with Crippen LogP contribution in [0.15, 0.2) is 12.2 Å². The van der Waals surface area contributed by atoms with Gasteiger partial charge in [0.1, 0.15) is 5.78 Å². The molecular weight excluding hydrogens is 242 g/mol. The van der Waals surface area contributed by atoms with E-state index in [1.54, 1.807) is 0 Å². The molecule has 0 aromatic carbocycles. The van der Waals surface area contributed by atoms with Gasteiger partial charge in [-0.05, 0) is 12.8 Å². The van der Waals surface area contributed by atoms with Gasteiger partial charge in [-0.2, -0.15) is 0 Å². The molecular formula is C15H17NO3. The predicted octanol–water partition coefficient (Wildman–Crippen LogP) is 1.31. The predicted molar refractivity (Wildman–Crippen MR) is 66.8 cm³/mol. The lowest BCUT2D eigenvalue weighted by molar-refractivity contribution is -0.145. The molecule has 4 atom stereocenters. The number of likely N-dealkylation sites (tertiary alicyclic amines) is 1. The van der Waals surface area contributed by atoms with Crippen molar-refractivity contribution in [3.63, 3.8) is 0 Å². The van der Waals surface area contributed by atoms with Crippen molar-refractivity contribution in [2.75, 3.05) is 0 Å². The molecule has 0 N–H and O–H groups in total. The number of rotatable bonds is 1. The first-order chi connectivity index (χ1) is 9.20.